The molecule has 4 heteroatoms. The largest absolute Gasteiger partial charge is 0.455 e. The molecule has 0 N–H and O–H groups in total. The second-order valence-corrected chi connectivity index (χ2v) is 9.02. The fraction of sp³-hybridized carbons (Fsp3) is 0. The Morgan fingerprint density at radius 3 is 2.38 bits per heavy atom. The number of nitrogens with zero attached hydrogens (tertiary/aromatic N) is 3. The average molecular weight is 433 g/mol. The Morgan fingerprint density at radius 2 is 1.41 bits per heavy atom. The maximum Gasteiger partial charge on any atom is 0.165 e. The van der Waals surface area contributed by atoms with E-state index >= 15 is 0 Å². The van der Waals surface area contributed by atoms with Crippen molar-refractivity contribution in [2.24, 2.45) is 0 Å². The van der Waals surface area contributed by atoms with Crippen LogP contribution in [-0.2, 0) is 0 Å². The number of para-hydroxylation sites is 2. The van der Waals surface area contributed by atoms with E-state index in [1.54, 1.807) is 0 Å². The number of hydrogen-bond acceptors (Lipinski definition) is 3. The molecule has 0 amide bonds. The van der Waals surface area contributed by atoms with Crippen LogP contribution in [0.2, 0.25) is 0 Å². The van der Waals surface area contributed by atoms with Crippen molar-refractivity contribution in [2.75, 3.05) is 0 Å². The van der Waals surface area contributed by atoms with Crippen LogP contribution in [0.5, 0.6) is 0 Å². The van der Waals surface area contributed by atoms with Gasteiger partial charge in [0, 0.05) is 26.9 Å². The SMILES string of the molecule is c1ccc2c(c1)ccc1nc3c(nc12)c1cccc2c4c5oc6ccccc6c5ccc4n3c12. The van der Waals surface area contributed by atoms with Gasteiger partial charge in [-0.2, -0.15) is 0 Å². The van der Waals surface area contributed by atoms with Gasteiger partial charge in [-0.15, -0.1) is 0 Å². The molecule has 0 atom stereocenters. The highest BCUT2D eigenvalue weighted by molar-refractivity contribution is 6.29. The molecule has 0 aliphatic heterocycles. The summed E-state index contributed by atoms with van der Waals surface area (Å²) in [4.78, 5) is 10.4. The van der Waals surface area contributed by atoms with Crippen LogP contribution >= 0.6 is 0 Å². The monoisotopic (exact) mass is 433 g/mol. The van der Waals surface area contributed by atoms with Crippen molar-refractivity contribution in [3.63, 3.8) is 0 Å². The number of fused-ring (bicyclic) bond motifs is 13. The molecular formula is C30H15N3O. The molecule has 9 rings (SSSR count). The molecule has 5 aromatic carbocycles. The lowest BCUT2D eigenvalue weighted by molar-refractivity contribution is 0.673. The minimum Gasteiger partial charge on any atom is -0.455 e. The van der Waals surface area contributed by atoms with E-state index in [-0.39, 0.29) is 0 Å². The smallest absolute Gasteiger partial charge is 0.165 e. The normalized spacial score (nSPS) is 12.7. The first kappa shape index (κ1) is 16.9. The van der Waals surface area contributed by atoms with E-state index < -0.39 is 0 Å². The van der Waals surface area contributed by atoms with Crippen molar-refractivity contribution < 1.29 is 4.42 Å². The standard InChI is InChI=1S/C30H15N3O/c1-2-7-17-16(6-1)12-14-22-26(17)32-27-21-10-5-9-20-25-23(33(28(20)21)30(27)31-22)15-13-19-18-8-3-4-11-24(18)34-29(19)25/h1-15H. The molecule has 0 aliphatic rings. The second-order valence-electron chi connectivity index (χ2n) is 9.02. The second kappa shape index (κ2) is 5.61. The van der Waals surface area contributed by atoms with Gasteiger partial charge in [0.15, 0.2) is 5.65 Å². The van der Waals surface area contributed by atoms with Crippen molar-refractivity contribution in [2.45, 2.75) is 0 Å². The fourth-order valence-electron chi connectivity index (χ4n) is 5.86. The summed E-state index contributed by atoms with van der Waals surface area (Å²) in [5, 5.41) is 8.03. The molecule has 0 saturated carbocycles. The summed E-state index contributed by atoms with van der Waals surface area (Å²) >= 11 is 0. The van der Waals surface area contributed by atoms with Gasteiger partial charge >= 0.3 is 0 Å². The van der Waals surface area contributed by atoms with Crippen molar-refractivity contribution in [1.82, 2.24) is 14.4 Å². The first-order valence-electron chi connectivity index (χ1n) is 11.4. The Morgan fingerprint density at radius 1 is 0.588 bits per heavy atom. The predicted molar refractivity (Wildman–Crippen MR) is 139 cm³/mol. The Hall–Kier alpha value is -4.70. The zero-order valence-corrected chi connectivity index (χ0v) is 17.9. The minimum atomic E-state index is 0.888. The summed E-state index contributed by atoms with van der Waals surface area (Å²) in [5.74, 6) is 0. The molecule has 0 bridgehead atoms. The third-order valence-electron chi connectivity index (χ3n) is 7.30. The van der Waals surface area contributed by atoms with Crippen molar-refractivity contribution in [3.05, 3.63) is 91.0 Å². The maximum absolute atomic E-state index is 6.41. The van der Waals surface area contributed by atoms with E-state index in [1.165, 1.54) is 10.8 Å². The summed E-state index contributed by atoms with van der Waals surface area (Å²) in [7, 11) is 0. The van der Waals surface area contributed by atoms with Gasteiger partial charge in [-0.3, -0.25) is 4.40 Å². The molecule has 4 nitrogen and oxygen atoms in total. The lowest BCUT2D eigenvalue weighted by Crippen LogP contribution is -1.90. The topological polar surface area (TPSA) is 43.3 Å². The first-order valence-corrected chi connectivity index (χ1v) is 11.4. The molecule has 0 radical (unpaired) electrons. The summed E-state index contributed by atoms with van der Waals surface area (Å²) < 4.78 is 8.68. The van der Waals surface area contributed by atoms with E-state index in [0.29, 0.717) is 0 Å². The molecular weight excluding hydrogens is 418 g/mol. The number of aromatic nitrogens is 3. The quantitative estimate of drug-likeness (QED) is 0.229. The molecule has 4 aromatic heterocycles. The zero-order valence-electron chi connectivity index (χ0n) is 17.9. The molecule has 9 aromatic rings. The average Bonchev–Trinajstić information content (AvgIpc) is 3.53. The summed E-state index contributed by atoms with van der Waals surface area (Å²) in [5.41, 5.74) is 7.78. The van der Waals surface area contributed by atoms with Crippen LogP contribution in [0, 0.1) is 0 Å². The van der Waals surface area contributed by atoms with E-state index in [4.69, 9.17) is 14.4 Å². The number of benzene rings is 5. The Balaban J connectivity index is 1.54. The highest BCUT2D eigenvalue weighted by Crippen LogP contribution is 2.43. The molecule has 0 spiro atoms. The van der Waals surface area contributed by atoms with Crippen LogP contribution in [0.25, 0.3) is 82.1 Å². The summed E-state index contributed by atoms with van der Waals surface area (Å²) in [6, 6.07) is 31.7. The van der Waals surface area contributed by atoms with Gasteiger partial charge in [-0.25, -0.2) is 9.97 Å². The first-order chi connectivity index (χ1) is 16.9. The highest BCUT2D eigenvalue weighted by Gasteiger charge is 2.23. The number of rotatable bonds is 0. The lowest BCUT2D eigenvalue weighted by Gasteiger charge is -2.04. The van der Waals surface area contributed by atoms with Gasteiger partial charge in [0.25, 0.3) is 0 Å². The van der Waals surface area contributed by atoms with Gasteiger partial charge in [-0.1, -0.05) is 66.7 Å². The Kier molecular flexibility index (Phi) is 2.78. The van der Waals surface area contributed by atoms with Gasteiger partial charge in [-0.05, 0) is 29.7 Å². The van der Waals surface area contributed by atoms with E-state index in [2.05, 4.69) is 83.3 Å². The molecule has 0 fully saturated rings. The van der Waals surface area contributed by atoms with E-state index in [9.17, 15) is 0 Å². The third-order valence-corrected chi connectivity index (χ3v) is 7.30. The van der Waals surface area contributed by atoms with Crippen LogP contribution in [0.1, 0.15) is 0 Å². The molecule has 156 valence electrons. The highest BCUT2D eigenvalue weighted by atomic mass is 16.3. The van der Waals surface area contributed by atoms with Crippen molar-refractivity contribution in [3.8, 4) is 0 Å². The zero-order chi connectivity index (χ0) is 22.0. The summed E-state index contributed by atoms with van der Waals surface area (Å²) in [6.07, 6.45) is 0. The van der Waals surface area contributed by atoms with Crippen LogP contribution in [0.15, 0.2) is 95.4 Å². The van der Waals surface area contributed by atoms with Crippen LogP contribution in [0.4, 0.5) is 0 Å². The Labute approximate surface area is 192 Å². The molecule has 0 saturated heterocycles. The predicted octanol–water partition coefficient (Wildman–Crippen LogP) is 7.83. The molecule has 34 heavy (non-hydrogen) atoms. The van der Waals surface area contributed by atoms with E-state index in [0.717, 1.165) is 71.3 Å². The molecule has 0 aliphatic carbocycles. The summed E-state index contributed by atoms with van der Waals surface area (Å²) in [6.45, 7) is 0. The number of hydrogen-bond donors (Lipinski definition) is 0. The van der Waals surface area contributed by atoms with Crippen LogP contribution in [-0.4, -0.2) is 14.4 Å². The minimum absolute atomic E-state index is 0.888. The van der Waals surface area contributed by atoms with E-state index in [1.807, 2.05) is 12.1 Å². The number of furan rings is 1. The van der Waals surface area contributed by atoms with Gasteiger partial charge in [0.1, 0.15) is 16.7 Å². The van der Waals surface area contributed by atoms with Crippen LogP contribution < -0.4 is 0 Å². The fourth-order valence-corrected chi connectivity index (χ4v) is 5.86. The lowest BCUT2D eigenvalue weighted by atomic mass is 10.1. The van der Waals surface area contributed by atoms with Crippen LogP contribution in [0.3, 0.4) is 0 Å². The van der Waals surface area contributed by atoms with Gasteiger partial charge < -0.3 is 4.42 Å². The van der Waals surface area contributed by atoms with Crippen molar-refractivity contribution >= 4 is 82.1 Å². The third kappa shape index (κ3) is 1.84. The van der Waals surface area contributed by atoms with Crippen molar-refractivity contribution in [1.29, 1.82) is 0 Å². The maximum atomic E-state index is 6.41. The molecule has 4 heterocycles. The van der Waals surface area contributed by atoms with Gasteiger partial charge in [0.2, 0.25) is 0 Å². The van der Waals surface area contributed by atoms with Gasteiger partial charge in [0.05, 0.1) is 27.5 Å². The Bertz CT molecular complexity index is 2290. The molecule has 0 unspecified atom stereocenters.